The monoisotopic (exact) mass is 250 g/mol. The molecule has 1 aliphatic heterocycles. The molecule has 1 aromatic rings. The lowest BCUT2D eigenvalue weighted by atomic mass is 9.75. The van der Waals surface area contributed by atoms with Crippen LogP contribution in [0.4, 0.5) is 15.8 Å². The molecule has 100 valence electrons. The fraction of sp³-hybridized carbons (Fsp3) is 0.600. The smallest absolute Gasteiger partial charge is 0.148 e. The van der Waals surface area contributed by atoms with E-state index >= 15 is 0 Å². The highest BCUT2D eigenvalue weighted by molar-refractivity contribution is 5.54. The topological polar surface area (TPSA) is 29.3 Å². The van der Waals surface area contributed by atoms with Crippen LogP contribution in [0.1, 0.15) is 33.6 Å². The standard InChI is InChI=1S/C15H23FN2/c1-15(2,3)11-6-8-18(9-7-11)14-5-4-12(17)10-13(14)16/h4-5,10-11H,6-9,17H2,1-3H3. The van der Waals surface area contributed by atoms with Gasteiger partial charge in [0.1, 0.15) is 5.82 Å². The van der Waals surface area contributed by atoms with Crippen molar-refractivity contribution in [3.05, 3.63) is 24.0 Å². The van der Waals surface area contributed by atoms with Crippen LogP contribution < -0.4 is 10.6 Å². The van der Waals surface area contributed by atoms with Crippen molar-refractivity contribution in [3.8, 4) is 0 Å². The Hall–Kier alpha value is -1.25. The fourth-order valence-corrected chi connectivity index (χ4v) is 2.77. The van der Waals surface area contributed by atoms with Crippen LogP contribution in [0.3, 0.4) is 0 Å². The Morgan fingerprint density at radius 2 is 1.83 bits per heavy atom. The molecule has 1 fully saturated rings. The molecule has 0 amide bonds. The van der Waals surface area contributed by atoms with Crippen LogP contribution in [0.15, 0.2) is 18.2 Å². The molecule has 0 aromatic heterocycles. The van der Waals surface area contributed by atoms with E-state index in [1.54, 1.807) is 12.1 Å². The molecule has 0 spiro atoms. The van der Waals surface area contributed by atoms with Crippen molar-refractivity contribution in [2.24, 2.45) is 11.3 Å². The molecule has 1 aromatic carbocycles. The van der Waals surface area contributed by atoms with Crippen LogP contribution in [0, 0.1) is 17.2 Å². The largest absolute Gasteiger partial charge is 0.399 e. The molecule has 18 heavy (non-hydrogen) atoms. The zero-order valence-electron chi connectivity index (χ0n) is 11.5. The lowest BCUT2D eigenvalue weighted by Gasteiger charge is -2.39. The van der Waals surface area contributed by atoms with E-state index in [4.69, 9.17) is 5.73 Å². The number of benzene rings is 1. The minimum atomic E-state index is -0.204. The first-order valence-electron chi connectivity index (χ1n) is 6.68. The summed E-state index contributed by atoms with van der Waals surface area (Å²) >= 11 is 0. The maximum Gasteiger partial charge on any atom is 0.148 e. The average molecular weight is 250 g/mol. The second-order valence-electron chi connectivity index (χ2n) is 6.34. The van der Waals surface area contributed by atoms with Gasteiger partial charge in [0, 0.05) is 18.8 Å². The van der Waals surface area contributed by atoms with Crippen molar-refractivity contribution in [2.75, 3.05) is 23.7 Å². The second-order valence-corrected chi connectivity index (χ2v) is 6.34. The molecule has 0 atom stereocenters. The van der Waals surface area contributed by atoms with E-state index in [2.05, 4.69) is 25.7 Å². The van der Waals surface area contributed by atoms with Crippen LogP contribution in [0.2, 0.25) is 0 Å². The fourth-order valence-electron chi connectivity index (χ4n) is 2.77. The number of piperidine rings is 1. The third-order valence-electron chi connectivity index (χ3n) is 4.03. The van der Waals surface area contributed by atoms with Crippen molar-refractivity contribution in [1.82, 2.24) is 0 Å². The molecular formula is C15H23FN2. The van der Waals surface area contributed by atoms with Crippen molar-refractivity contribution in [3.63, 3.8) is 0 Å². The molecule has 0 radical (unpaired) electrons. The number of hydrogen-bond donors (Lipinski definition) is 1. The van der Waals surface area contributed by atoms with Crippen molar-refractivity contribution in [1.29, 1.82) is 0 Å². The van der Waals surface area contributed by atoms with E-state index in [1.165, 1.54) is 6.07 Å². The highest BCUT2D eigenvalue weighted by atomic mass is 19.1. The van der Waals surface area contributed by atoms with E-state index in [9.17, 15) is 4.39 Å². The van der Waals surface area contributed by atoms with E-state index in [0.29, 0.717) is 16.8 Å². The van der Waals surface area contributed by atoms with E-state index < -0.39 is 0 Å². The molecular weight excluding hydrogens is 227 g/mol. The summed E-state index contributed by atoms with van der Waals surface area (Å²) in [6.07, 6.45) is 2.26. The average Bonchev–Trinajstić information content (AvgIpc) is 2.28. The summed E-state index contributed by atoms with van der Waals surface area (Å²) < 4.78 is 13.8. The molecule has 3 heteroatoms. The maximum absolute atomic E-state index is 13.8. The lowest BCUT2D eigenvalue weighted by molar-refractivity contribution is 0.198. The first-order valence-corrected chi connectivity index (χ1v) is 6.68. The minimum absolute atomic E-state index is 0.204. The molecule has 0 saturated carbocycles. The highest BCUT2D eigenvalue weighted by Crippen LogP contribution is 2.36. The van der Waals surface area contributed by atoms with Gasteiger partial charge in [-0.15, -0.1) is 0 Å². The first kappa shape index (κ1) is 13.2. The van der Waals surface area contributed by atoms with Gasteiger partial charge in [-0.3, -0.25) is 0 Å². The number of anilines is 2. The number of nitrogen functional groups attached to an aromatic ring is 1. The van der Waals surface area contributed by atoms with Gasteiger partial charge >= 0.3 is 0 Å². The Morgan fingerprint density at radius 1 is 1.22 bits per heavy atom. The number of nitrogens with two attached hydrogens (primary N) is 1. The van der Waals surface area contributed by atoms with Crippen LogP contribution in [-0.2, 0) is 0 Å². The quantitative estimate of drug-likeness (QED) is 0.771. The third-order valence-corrected chi connectivity index (χ3v) is 4.03. The summed E-state index contributed by atoms with van der Waals surface area (Å²) in [5.41, 5.74) is 7.11. The number of hydrogen-bond acceptors (Lipinski definition) is 2. The minimum Gasteiger partial charge on any atom is -0.399 e. The van der Waals surface area contributed by atoms with Gasteiger partial charge in [0.05, 0.1) is 5.69 Å². The zero-order chi connectivity index (χ0) is 13.3. The maximum atomic E-state index is 13.8. The van der Waals surface area contributed by atoms with E-state index in [0.717, 1.165) is 31.8 Å². The molecule has 0 unspecified atom stereocenters. The predicted molar refractivity (Wildman–Crippen MR) is 75.2 cm³/mol. The zero-order valence-corrected chi connectivity index (χ0v) is 11.5. The number of halogens is 1. The summed E-state index contributed by atoms with van der Waals surface area (Å²) in [5.74, 6) is 0.523. The van der Waals surface area contributed by atoms with Crippen LogP contribution in [0.5, 0.6) is 0 Å². The molecule has 2 N–H and O–H groups in total. The molecule has 1 saturated heterocycles. The SMILES string of the molecule is CC(C)(C)C1CCN(c2ccc(N)cc2F)CC1. The van der Waals surface area contributed by atoms with Gasteiger partial charge in [-0.2, -0.15) is 0 Å². The summed E-state index contributed by atoms with van der Waals surface area (Å²) in [4.78, 5) is 2.14. The molecule has 1 heterocycles. The normalized spacial score (nSPS) is 18.1. The Balaban J connectivity index is 2.06. The summed E-state index contributed by atoms with van der Waals surface area (Å²) in [5, 5.41) is 0. The number of nitrogens with zero attached hydrogens (tertiary/aromatic N) is 1. The molecule has 0 aliphatic carbocycles. The summed E-state index contributed by atoms with van der Waals surface area (Å²) in [7, 11) is 0. The van der Waals surface area contributed by atoms with Crippen LogP contribution >= 0.6 is 0 Å². The molecule has 2 nitrogen and oxygen atoms in total. The van der Waals surface area contributed by atoms with Gasteiger partial charge in [0.25, 0.3) is 0 Å². The van der Waals surface area contributed by atoms with E-state index in [1.807, 2.05) is 0 Å². The Morgan fingerprint density at radius 3 is 2.33 bits per heavy atom. The Labute approximate surface area is 109 Å². The van der Waals surface area contributed by atoms with Crippen LogP contribution in [0.25, 0.3) is 0 Å². The Kier molecular flexibility index (Phi) is 3.51. The van der Waals surface area contributed by atoms with Gasteiger partial charge in [0.2, 0.25) is 0 Å². The van der Waals surface area contributed by atoms with Crippen molar-refractivity contribution >= 4 is 11.4 Å². The van der Waals surface area contributed by atoms with Gasteiger partial charge in [-0.1, -0.05) is 20.8 Å². The molecule has 1 aliphatic rings. The summed E-state index contributed by atoms with van der Waals surface area (Å²) in [6, 6.07) is 4.97. The summed E-state index contributed by atoms with van der Waals surface area (Å²) in [6.45, 7) is 8.73. The van der Waals surface area contributed by atoms with Crippen molar-refractivity contribution < 1.29 is 4.39 Å². The van der Waals surface area contributed by atoms with Gasteiger partial charge in [-0.25, -0.2) is 4.39 Å². The van der Waals surface area contributed by atoms with Gasteiger partial charge < -0.3 is 10.6 Å². The second kappa shape index (κ2) is 4.79. The number of rotatable bonds is 1. The Bertz CT molecular complexity index is 415. The molecule has 0 bridgehead atoms. The third kappa shape index (κ3) is 2.77. The molecule has 2 rings (SSSR count). The predicted octanol–water partition coefficient (Wildman–Crippen LogP) is 3.67. The highest BCUT2D eigenvalue weighted by Gasteiger charge is 2.29. The first-order chi connectivity index (χ1) is 8.38. The van der Waals surface area contributed by atoms with E-state index in [-0.39, 0.29) is 5.82 Å². The lowest BCUT2D eigenvalue weighted by Crippen LogP contribution is -2.38. The van der Waals surface area contributed by atoms with Crippen LogP contribution in [-0.4, -0.2) is 13.1 Å². The van der Waals surface area contributed by atoms with Crippen molar-refractivity contribution in [2.45, 2.75) is 33.6 Å². The van der Waals surface area contributed by atoms with Gasteiger partial charge in [-0.05, 0) is 42.4 Å². The van der Waals surface area contributed by atoms with Gasteiger partial charge in [0.15, 0.2) is 0 Å².